The number of rotatable bonds is 7. The topological polar surface area (TPSA) is 107 Å². The Hall–Kier alpha value is -2.28. The number of cyclic esters (lactones) is 1. The zero-order chi connectivity index (χ0) is 20.0. The molecule has 3 atom stereocenters. The SMILES string of the molecule is CC(=O)O[C@@H]1CCC(=O)C2(CC(=O)O[C@@H]2/C=C(\C)CC/C=C(/C=O)CO)C1. The Bertz CT molecular complexity index is 676. The number of Topliss-reactive ketones (excluding diaryl/α,β-unsaturated/α-hetero) is 1. The molecular formula is C20H26O7. The van der Waals surface area contributed by atoms with E-state index in [-0.39, 0.29) is 31.7 Å². The Labute approximate surface area is 158 Å². The summed E-state index contributed by atoms with van der Waals surface area (Å²) >= 11 is 0. The predicted molar refractivity (Wildman–Crippen MR) is 95.6 cm³/mol. The van der Waals surface area contributed by atoms with Gasteiger partial charge in [-0.3, -0.25) is 19.2 Å². The third-order valence-corrected chi connectivity index (χ3v) is 5.15. The molecule has 1 aliphatic carbocycles. The number of hydrogen-bond donors (Lipinski definition) is 1. The molecule has 0 amide bonds. The monoisotopic (exact) mass is 378 g/mol. The van der Waals surface area contributed by atoms with Crippen molar-refractivity contribution < 1.29 is 33.8 Å². The van der Waals surface area contributed by atoms with Gasteiger partial charge in [0, 0.05) is 25.3 Å². The van der Waals surface area contributed by atoms with Crippen LogP contribution >= 0.6 is 0 Å². The molecule has 1 saturated carbocycles. The molecular weight excluding hydrogens is 352 g/mol. The molecule has 0 aromatic rings. The van der Waals surface area contributed by atoms with Gasteiger partial charge in [0.15, 0.2) is 0 Å². The highest BCUT2D eigenvalue weighted by Crippen LogP contribution is 2.47. The zero-order valence-electron chi connectivity index (χ0n) is 15.7. The Kier molecular flexibility index (Phi) is 7.07. The second-order valence-electron chi connectivity index (χ2n) is 7.25. The van der Waals surface area contributed by atoms with Gasteiger partial charge in [0.05, 0.1) is 18.4 Å². The first-order chi connectivity index (χ1) is 12.8. The van der Waals surface area contributed by atoms with Crippen molar-refractivity contribution in [1.82, 2.24) is 0 Å². The molecule has 0 aromatic carbocycles. The second-order valence-corrected chi connectivity index (χ2v) is 7.25. The second kappa shape index (κ2) is 9.08. The minimum atomic E-state index is -0.981. The van der Waals surface area contributed by atoms with Crippen molar-refractivity contribution in [3.8, 4) is 0 Å². The number of allylic oxidation sites excluding steroid dienone is 2. The van der Waals surface area contributed by atoms with Gasteiger partial charge in [0.2, 0.25) is 0 Å². The molecule has 2 rings (SSSR count). The Morgan fingerprint density at radius 3 is 2.74 bits per heavy atom. The Balaban J connectivity index is 2.14. The number of esters is 2. The van der Waals surface area contributed by atoms with Crippen LogP contribution in [0.4, 0.5) is 0 Å². The Morgan fingerprint density at radius 2 is 2.11 bits per heavy atom. The van der Waals surface area contributed by atoms with E-state index in [1.165, 1.54) is 6.92 Å². The van der Waals surface area contributed by atoms with E-state index in [2.05, 4.69) is 0 Å². The van der Waals surface area contributed by atoms with Crippen LogP contribution in [0.3, 0.4) is 0 Å². The summed E-state index contributed by atoms with van der Waals surface area (Å²) in [4.78, 5) is 46.6. The molecule has 1 saturated heterocycles. The van der Waals surface area contributed by atoms with Crippen LogP contribution in [0.25, 0.3) is 0 Å². The standard InChI is InChI=1S/C20H26O7/c1-13(4-3-5-15(11-21)12-22)8-18-20(10-19(25)27-18)9-16(26-14(2)23)6-7-17(20)24/h5,8,11,16,18,22H,3-4,6-7,9-10,12H2,1-2H3/b13-8+,15-5-/t16-,18-,20?/m1/s1. The van der Waals surface area contributed by atoms with E-state index in [0.29, 0.717) is 31.1 Å². The highest BCUT2D eigenvalue weighted by Gasteiger charge is 2.56. The normalized spacial score (nSPS) is 29.0. The van der Waals surface area contributed by atoms with E-state index in [4.69, 9.17) is 14.6 Å². The van der Waals surface area contributed by atoms with Crippen LogP contribution in [-0.4, -0.2) is 47.9 Å². The lowest BCUT2D eigenvalue weighted by Gasteiger charge is -2.37. The molecule has 27 heavy (non-hydrogen) atoms. The third kappa shape index (κ3) is 5.13. The van der Waals surface area contributed by atoms with E-state index in [9.17, 15) is 19.2 Å². The molecule has 0 aromatic heterocycles. The van der Waals surface area contributed by atoms with E-state index in [0.717, 1.165) is 5.57 Å². The molecule has 1 aliphatic heterocycles. The van der Waals surface area contributed by atoms with Gasteiger partial charge in [-0.2, -0.15) is 0 Å². The summed E-state index contributed by atoms with van der Waals surface area (Å²) in [5, 5.41) is 8.99. The van der Waals surface area contributed by atoms with E-state index >= 15 is 0 Å². The Morgan fingerprint density at radius 1 is 1.37 bits per heavy atom. The summed E-state index contributed by atoms with van der Waals surface area (Å²) in [6, 6.07) is 0. The molecule has 148 valence electrons. The van der Waals surface area contributed by atoms with Crippen LogP contribution in [0.2, 0.25) is 0 Å². The first-order valence-electron chi connectivity index (χ1n) is 9.13. The fraction of sp³-hybridized carbons (Fsp3) is 0.600. The van der Waals surface area contributed by atoms with E-state index in [1.54, 1.807) is 12.2 Å². The molecule has 2 aliphatic rings. The highest BCUT2D eigenvalue weighted by atomic mass is 16.6. The number of aldehydes is 1. The molecule has 1 N–H and O–H groups in total. The van der Waals surface area contributed by atoms with E-state index in [1.807, 2.05) is 6.92 Å². The average molecular weight is 378 g/mol. The van der Waals surface area contributed by atoms with Crippen LogP contribution in [0.15, 0.2) is 23.3 Å². The summed E-state index contributed by atoms with van der Waals surface area (Å²) in [7, 11) is 0. The number of carbonyl (C=O) groups is 4. The number of carbonyl (C=O) groups excluding carboxylic acids is 4. The first kappa shape index (κ1) is 21.0. The van der Waals surface area contributed by atoms with Crippen molar-refractivity contribution in [2.24, 2.45) is 5.41 Å². The van der Waals surface area contributed by atoms with Gasteiger partial charge in [-0.25, -0.2) is 0 Å². The molecule has 7 heteroatoms. The molecule has 1 heterocycles. The lowest BCUT2D eigenvalue weighted by Crippen LogP contribution is -2.45. The zero-order valence-corrected chi connectivity index (χ0v) is 15.7. The van der Waals surface area contributed by atoms with Crippen molar-refractivity contribution in [2.45, 2.75) is 64.6 Å². The first-order valence-corrected chi connectivity index (χ1v) is 9.13. The highest BCUT2D eigenvalue weighted by molar-refractivity contribution is 5.93. The van der Waals surface area contributed by atoms with Gasteiger partial charge in [-0.1, -0.05) is 11.6 Å². The number of ketones is 1. The van der Waals surface area contributed by atoms with Crippen LogP contribution in [0.5, 0.6) is 0 Å². The number of hydrogen-bond acceptors (Lipinski definition) is 7. The predicted octanol–water partition coefficient (Wildman–Crippen LogP) is 1.82. The van der Waals surface area contributed by atoms with E-state index < -0.39 is 29.6 Å². The maximum Gasteiger partial charge on any atom is 0.307 e. The van der Waals surface area contributed by atoms with Crippen molar-refractivity contribution in [3.05, 3.63) is 23.3 Å². The van der Waals surface area contributed by atoms with Crippen LogP contribution < -0.4 is 0 Å². The minimum absolute atomic E-state index is 0.00223. The summed E-state index contributed by atoms with van der Waals surface area (Å²) in [5.41, 5.74) is 0.250. The summed E-state index contributed by atoms with van der Waals surface area (Å²) in [6.07, 6.45) is 5.13. The fourth-order valence-electron chi connectivity index (χ4n) is 3.77. The summed E-state index contributed by atoms with van der Waals surface area (Å²) in [5.74, 6) is -0.863. The van der Waals surface area contributed by atoms with Gasteiger partial charge in [0.25, 0.3) is 0 Å². The third-order valence-electron chi connectivity index (χ3n) is 5.15. The average Bonchev–Trinajstić information content (AvgIpc) is 2.90. The maximum atomic E-state index is 12.7. The molecule has 1 spiro atoms. The lowest BCUT2D eigenvalue weighted by atomic mass is 9.67. The minimum Gasteiger partial charge on any atom is -0.463 e. The largest absolute Gasteiger partial charge is 0.463 e. The summed E-state index contributed by atoms with van der Waals surface area (Å²) < 4.78 is 10.7. The van der Waals surface area contributed by atoms with Gasteiger partial charge in [-0.15, -0.1) is 0 Å². The van der Waals surface area contributed by atoms with Gasteiger partial charge >= 0.3 is 11.9 Å². The maximum absolute atomic E-state index is 12.7. The van der Waals surface area contributed by atoms with Crippen LogP contribution in [0, 0.1) is 5.41 Å². The molecule has 2 fully saturated rings. The number of aliphatic hydroxyl groups excluding tert-OH is 1. The van der Waals surface area contributed by atoms with Crippen molar-refractivity contribution in [1.29, 1.82) is 0 Å². The number of aliphatic hydroxyl groups is 1. The lowest BCUT2D eigenvalue weighted by molar-refractivity contribution is -0.155. The van der Waals surface area contributed by atoms with Crippen molar-refractivity contribution >= 4 is 24.0 Å². The molecule has 0 radical (unpaired) electrons. The van der Waals surface area contributed by atoms with Crippen LogP contribution in [0.1, 0.15) is 52.4 Å². The van der Waals surface area contributed by atoms with Gasteiger partial charge < -0.3 is 14.6 Å². The fourth-order valence-corrected chi connectivity index (χ4v) is 3.77. The van der Waals surface area contributed by atoms with Crippen molar-refractivity contribution in [3.63, 3.8) is 0 Å². The van der Waals surface area contributed by atoms with Crippen molar-refractivity contribution in [2.75, 3.05) is 6.61 Å². The number of ether oxygens (including phenoxy) is 2. The quantitative estimate of drug-likeness (QED) is 0.312. The van der Waals surface area contributed by atoms with Gasteiger partial charge in [0.1, 0.15) is 24.3 Å². The smallest absolute Gasteiger partial charge is 0.307 e. The van der Waals surface area contributed by atoms with Crippen LogP contribution in [-0.2, 0) is 28.7 Å². The summed E-state index contributed by atoms with van der Waals surface area (Å²) in [6.45, 7) is 2.89. The molecule has 0 bridgehead atoms. The molecule has 1 unspecified atom stereocenters. The molecule has 7 nitrogen and oxygen atoms in total. The van der Waals surface area contributed by atoms with Gasteiger partial charge in [-0.05, 0) is 32.3 Å².